The zero-order valence-corrected chi connectivity index (χ0v) is 18.5. The number of hydrogen-bond acceptors (Lipinski definition) is 5. The highest BCUT2D eigenvalue weighted by Crippen LogP contribution is 2.42. The van der Waals surface area contributed by atoms with E-state index >= 15 is 0 Å². The summed E-state index contributed by atoms with van der Waals surface area (Å²) in [4.78, 5) is 14.4. The first kappa shape index (κ1) is 22.9. The molecule has 5 rings (SSSR count). The van der Waals surface area contributed by atoms with Crippen LogP contribution in [0.4, 0.5) is 27.8 Å². The van der Waals surface area contributed by atoms with Crippen molar-refractivity contribution in [2.75, 3.05) is 18.6 Å². The van der Waals surface area contributed by atoms with E-state index in [1.165, 1.54) is 18.2 Å². The molecule has 4 aromatic rings. The number of aromatic nitrogens is 3. The van der Waals surface area contributed by atoms with E-state index < -0.39 is 23.9 Å². The van der Waals surface area contributed by atoms with Crippen molar-refractivity contribution in [3.05, 3.63) is 66.5 Å². The molecule has 10 heteroatoms. The smallest absolute Gasteiger partial charge is 0.408 e. The van der Waals surface area contributed by atoms with Gasteiger partial charge in [0.2, 0.25) is 0 Å². The van der Waals surface area contributed by atoms with Gasteiger partial charge in [-0.2, -0.15) is 13.2 Å². The van der Waals surface area contributed by atoms with Gasteiger partial charge in [-0.3, -0.25) is 4.98 Å². The molecule has 1 fully saturated rings. The van der Waals surface area contributed by atoms with Crippen LogP contribution in [0.25, 0.3) is 33.4 Å². The standard InChI is InChI=1S/C25H19F5N4O/c1-35-20-11-16(15-8-17(26)12-18(27)9-15)10-19-22(20)32-23(14-4-2-6-31-13-14)33-24(19)34-7-3-5-21(34)25(28,29)30/h2,4,6,8-13,21H,3,5,7H2,1H3. The Hall–Kier alpha value is -3.82. The Kier molecular flexibility index (Phi) is 5.74. The third kappa shape index (κ3) is 4.36. The lowest BCUT2D eigenvalue weighted by Crippen LogP contribution is -2.41. The maximum Gasteiger partial charge on any atom is 0.408 e. The highest BCUT2D eigenvalue weighted by Gasteiger charge is 2.47. The molecular formula is C25H19F5N4O. The van der Waals surface area contributed by atoms with Crippen molar-refractivity contribution in [2.45, 2.75) is 25.1 Å². The van der Waals surface area contributed by atoms with E-state index in [2.05, 4.69) is 15.0 Å². The molecule has 2 aromatic carbocycles. The summed E-state index contributed by atoms with van der Waals surface area (Å²) in [6.45, 7) is 0.143. The lowest BCUT2D eigenvalue weighted by atomic mass is 10.0. The van der Waals surface area contributed by atoms with Gasteiger partial charge >= 0.3 is 6.18 Å². The normalized spacial score (nSPS) is 16.2. The van der Waals surface area contributed by atoms with Gasteiger partial charge in [-0.25, -0.2) is 18.7 Å². The molecular weight excluding hydrogens is 467 g/mol. The Morgan fingerprint density at radius 1 is 0.971 bits per heavy atom. The van der Waals surface area contributed by atoms with Crippen molar-refractivity contribution in [2.24, 2.45) is 0 Å². The summed E-state index contributed by atoms with van der Waals surface area (Å²) < 4.78 is 75.1. The predicted octanol–water partition coefficient (Wildman–Crippen LogP) is 6.18. The van der Waals surface area contributed by atoms with E-state index in [9.17, 15) is 22.0 Å². The molecule has 1 aliphatic rings. The van der Waals surface area contributed by atoms with Crippen molar-refractivity contribution in [3.63, 3.8) is 0 Å². The highest BCUT2D eigenvalue weighted by molar-refractivity contribution is 5.98. The number of pyridine rings is 1. The molecule has 2 aromatic heterocycles. The summed E-state index contributed by atoms with van der Waals surface area (Å²) >= 11 is 0. The molecule has 0 aliphatic carbocycles. The second kappa shape index (κ2) is 8.75. The maximum absolute atomic E-state index is 13.9. The highest BCUT2D eigenvalue weighted by atomic mass is 19.4. The quantitative estimate of drug-likeness (QED) is 0.323. The number of rotatable bonds is 4. The third-order valence-corrected chi connectivity index (χ3v) is 5.98. The average molecular weight is 486 g/mol. The van der Waals surface area contributed by atoms with E-state index in [4.69, 9.17) is 4.74 Å². The molecule has 0 N–H and O–H groups in total. The zero-order valence-electron chi connectivity index (χ0n) is 18.5. The summed E-state index contributed by atoms with van der Waals surface area (Å²) in [6, 6.07) is 7.78. The summed E-state index contributed by atoms with van der Waals surface area (Å²) in [5.74, 6) is -1.06. The van der Waals surface area contributed by atoms with Gasteiger partial charge in [0.25, 0.3) is 0 Å². The van der Waals surface area contributed by atoms with Gasteiger partial charge < -0.3 is 9.64 Å². The Bertz CT molecular complexity index is 1370. The molecule has 0 radical (unpaired) electrons. The molecule has 0 saturated carbocycles. The lowest BCUT2D eigenvalue weighted by molar-refractivity contribution is -0.146. The fraction of sp³-hybridized carbons (Fsp3) is 0.240. The van der Waals surface area contributed by atoms with Crippen LogP contribution in [0.3, 0.4) is 0 Å². The number of alkyl halides is 3. The SMILES string of the molecule is COc1cc(-c2cc(F)cc(F)c2)cc2c(N3CCCC3C(F)(F)F)nc(-c3cccnc3)nc12. The molecule has 1 saturated heterocycles. The first-order valence-corrected chi connectivity index (χ1v) is 10.8. The molecule has 0 bridgehead atoms. The topological polar surface area (TPSA) is 51.1 Å². The van der Waals surface area contributed by atoms with E-state index in [0.717, 1.165) is 18.2 Å². The maximum atomic E-state index is 13.9. The number of benzene rings is 2. The Morgan fingerprint density at radius 2 is 1.71 bits per heavy atom. The average Bonchev–Trinajstić information content (AvgIpc) is 3.33. The van der Waals surface area contributed by atoms with Gasteiger partial charge in [0, 0.05) is 36.0 Å². The van der Waals surface area contributed by atoms with E-state index in [-0.39, 0.29) is 46.8 Å². The van der Waals surface area contributed by atoms with Crippen molar-refractivity contribution in [1.29, 1.82) is 0 Å². The van der Waals surface area contributed by atoms with Crippen LogP contribution in [-0.2, 0) is 0 Å². The Labute approximate surface area is 197 Å². The summed E-state index contributed by atoms with van der Waals surface area (Å²) in [5, 5.41) is 0.285. The number of fused-ring (bicyclic) bond motifs is 1. The van der Waals surface area contributed by atoms with Crippen LogP contribution in [0, 0.1) is 11.6 Å². The van der Waals surface area contributed by atoms with Crippen LogP contribution in [-0.4, -0.2) is 40.8 Å². The summed E-state index contributed by atoms with van der Waals surface area (Å²) in [7, 11) is 1.39. The number of hydrogen-bond donors (Lipinski definition) is 0. The largest absolute Gasteiger partial charge is 0.494 e. The molecule has 5 nitrogen and oxygen atoms in total. The van der Waals surface area contributed by atoms with Crippen LogP contribution in [0.15, 0.2) is 54.9 Å². The van der Waals surface area contributed by atoms with Crippen LogP contribution < -0.4 is 9.64 Å². The fourth-order valence-electron chi connectivity index (χ4n) is 4.43. The van der Waals surface area contributed by atoms with Gasteiger partial charge in [0.15, 0.2) is 5.82 Å². The number of ether oxygens (including phenoxy) is 1. The van der Waals surface area contributed by atoms with Crippen LogP contribution in [0.1, 0.15) is 12.8 Å². The van der Waals surface area contributed by atoms with Gasteiger partial charge in [-0.15, -0.1) is 0 Å². The molecule has 35 heavy (non-hydrogen) atoms. The molecule has 1 atom stereocenters. The van der Waals surface area contributed by atoms with Crippen molar-refractivity contribution in [3.8, 4) is 28.3 Å². The summed E-state index contributed by atoms with van der Waals surface area (Å²) in [5.41, 5.74) is 1.37. The molecule has 1 aliphatic heterocycles. The van der Waals surface area contributed by atoms with Crippen LogP contribution >= 0.6 is 0 Å². The lowest BCUT2D eigenvalue weighted by Gasteiger charge is -2.29. The Morgan fingerprint density at radius 3 is 2.37 bits per heavy atom. The summed E-state index contributed by atoms with van der Waals surface area (Å²) in [6.07, 6.45) is -1.11. The number of methoxy groups -OCH3 is 1. The van der Waals surface area contributed by atoms with Crippen LogP contribution in [0.5, 0.6) is 5.75 Å². The van der Waals surface area contributed by atoms with E-state index in [1.54, 1.807) is 30.5 Å². The minimum Gasteiger partial charge on any atom is -0.494 e. The molecule has 180 valence electrons. The number of nitrogens with zero attached hydrogens (tertiary/aromatic N) is 4. The van der Waals surface area contributed by atoms with E-state index in [0.29, 0.717) is 17.5 Å². The fourth-order valence-corrected chi connectivity index (χ4v) is 4.43. The van der Waals surface area contributed by atoms with Crippen molar-refractivity contribution >= 4 is 16.7 Å². The molecule has 0 spiro atoms. The number of anilines is 1. The minimum absolute atomic E-state index is 0.0663. The monoisotopic (exact) mass is 486 g/mol. The van der Waals surface area contributed by atoms with Crippen molar-refractivity contribution < 1.29 is 26.7 Å². The minimum atomic E-state index is -4.46. The first-order chi connectivity index (χ1) is 16.7. The van der Waals surface area contributed by atoms with Gasteiger partial charge in [0.1, 0.15) is 34.8 Å². The second-order valence-electron chi connectivity index (χ2n) is 8.24. The van der Waals surface area contributed by atoms with Gasteiger partial charge in [-0.05, 0) is 60.4 Å². The predicted molar refractivity (Wildman–Crippen MR) is 121 cm³/mol. The van der Waals surface area contributed by atoms with Crippen LogP contribution in [0.2, 0.25) is 0 Å². The molecule has 1 unspecified atom stereocenters. The first-order valence-electron chi connectivity index (χ1n) is 10.8. The zero-order chi connectivity index (χ0) is 24.7. The molecule has 0 amide bonds. The van der Waals surface area contributed by atoms with Gasteiger partial charge in [-0.1, -0.05) is 0 Å². The van der Waals surface area contributed by atoms with Crippen molar-refractivity contribution in [1.82, 2.24) is 15.0 Å². The molecule has 3 heterocycles. The van der Waals surface area contributed by atoms with Gasteiger partial charge in [0.05, 0.1) is 7.11 Å². The Balaban J connectivity index is 1.80. The third-order valence-electron chi connectivity index (χ3n) is 5.98. The van der Waals surface area contributed by atoms with E-state index in [1.807, 2.05) is 0 Å². The number of halogens is 5. The second-order valence-corrected chi connectivity index (χ2v) is 8.24.